The summed E-state index contributed by atoms with van der Waals surface area (Å²) < 4.78 is 8.00. The Morgan fingerprint density at radius 3 is 3.20 bits per heavy atom. The number of hydrogen-bond donors (Lipinski definition) is 0. The molecule has 0 spiro atoms. The molecule has 106 valence electrons. The molecule has 0 aliphatic carbocycles. The first-order valence-electron chi connectivity index (χ1n) is 6.58. The molecule has 0 aromatic carbocycles. The van der Waals surface area contributed by atoms with Crippen LogP contribution in [0.2, 0.25) is 0 Å². The average molecular weight is 339 g/mol. The Bertz CT molecular complexity index is 642. The highest BCUT2D eigenvalue weighted by Gasteiger charge is 2.29. The first-order chi connectivity index (χ1) is 9.69. The third-order valence-electron chi connectivity index (χ3n) is 3.39. The van der Waals surface area contributed by atoms with Gasteiger partial charge in [-0.15, -0.1) is 0 Å². The van der Waals surface area contributed by atoms with Crippen LogP contribution in [-0.2, 0) is 4.74 Å². The van der Waals surface area contributed by atoms with Crippen LogP contribution in [0, 0.1) is 0 Å². The maximum absolute atomic E-state index is 12.5. The zero-order valence-electron chi connectivity index (χ0n) is 11.1. The number of fused-ring (bicyclic) bond motifs is 1. The van der Waals surface area contributed by atoms with Gasteiger partial charge in [-0.2, -0.15) is 5.10 Å². The number of likely N-dealkylation sites (tertiary alicyclic amines) is 1. The zero-order valence-corrected chi connectivity index (χ0v) is 12.7. The molecule has 1 aliphatic rings. The van der Waals surface area contributed by atoms with Crippen molar-refractivity contribution in [2.75, 3.05) is 19.7 Å². The van der Waals surface area contributed by atoms with Crippen LogP contribution in [0.4, 0.5) is 0 Å². The predicted molar refractivity (Wildman–Crippen MR) is 76.6 cm³/mol. The largest absolute Gasteiger partial charge is 0.377 e. The highest BCUT2D eigenvalue weighted by Crippen LogP contribution is 2.19. The van der Waals surface area contributed by atoms with Gasteiger partial charge in [-0.05, 0) is 29.3 Å². The normalized spacial score (nSPS) is 18.9. The van der Waals surface area contributed by atoms with Gasteiger partial charge in [-0.1, -0.05) is 0 Å². The van der Waals surface area contributed by atoms with Crippen LogP contribution in [0.3, 0.4) is 0 Å². The van der Waals surface area contributed by atoms with Gasteiger partial charge in [0.1, 0.15) is 5.56 Å². The summed E-state index contributed by atoms with van der Waals surface area (Å²) in [4.78, 5) is 18.6. The number of aromatic nitrogens is 3. The van der Waals surface area contributed by atoms with Crippen LogP contribution < -0.4 is 0 Å². The lowest BCUT2D eigenvalue weighted by Gasteiger charge is -2.15. The van der Waals surface area contributed by atoms with Crippen molar-refractivity contribution < 1.29 is 9.53 Å². The summed E-state index contributed by atoms with van der Waals surface area (Å²) in [5.74, 6) is -0.0305. The summed E-state index contributed by atoms with van der Waals surface area (Å²) in [6, 6.07) is 0. The summed E-state index contributed by atoms with van der Waals surface area (Å²) in [6.07, 6.45) is 6.06. The Labute approximate surface area is 124 Å². The Morgan fingerprint density at radius 1 is 1.55 bits per heavy atom. The third kappa shape index (κ3) is 2.43. The SMILES string of the molecule is CCO[C@H]1CCN(C(=O)c2cnn3cc(Br)cnc23)C1. The second kappa shape index (κ2) is 5.49. The molecular weight excluding hydrogens is 324 g/mol. The van der Waals surface area contributed by atoms with E-state index in [1.165, 1.54) is 0 Å². The number of amides is 1. The fraction of sp³-hybridized carbons (Fsp3) is 0.462. The Balaban J connectivity index is 1.83. The van der Waals surface area contributed by atoms with Crippen molar-refractivity contribution in [3.63, 3.8) is 0 Å². The van der Waals surface area contributed by atoms with Crippen molar-refractivity contribution in [1.29, 1.82) is 0 Å². The fourth-order valence-electron chi connectivity index (χ4n) is 2.46. The molecule has 1 amide bonds. The van der Waals surface area contributed by atoms with E-state index in [4.69, 9.17) is 4.74 Å². The highest BCUT2D eigenvalue weighted by atomic mass is 79.9. The number of hydrogen-bond acceptors (Lipinski definition) is 4. The molecule has 2 aromatic heterocycles. The summed E-state index contributed by atoms with van der Waals surface area (Å²) in [5, 5.41) is 4.17. The molecular formula is C13H15BrN4O2. The van der Waals surface area contributed by atoms with E-state index in [2.05, 4.69) is 26.0 Å². The van der Waals surface area contributed by atoms with Gasteiger partial charge in [0.2, 0.25) is 0 Å². The van der Waals surface area contributed by atoms with Crippen molar-refractivity contribution >= 4 is 27.5 Å². The van der Waals surface area contributed by atoms with E-state index in [1.807, 2.05) is 6.92 Å². The summed E-state index contributed by atoms with van der Waals surface area (Å²) in [7, 11) is 0. The van der Waals surface area contributed by atoms with Gasteiger partial charge < -0.3 is 9.64 Å². The Kier molecular flexibility index (Phi) is 3.71. The van der Waals surface area contributed by atoms with Gasteiger partial charge in [0.15, 0.2) is 5.65 Å². The predicted octanol–water partition coefficient (Wildman–Crippen LogP) is 1.74. The lowest BCUT2D eigenvalue weighted by molar-refractivity contribution is 0.0599. The first-order valence-corrected chi connectivity index (χ1v) is 7.38. The van der Waals surface area contributed by atoms with Crippen LogP contribution in [0.1, 0.15) is 23.7 Å². The Morgan fingerprint density at radius 2 is 2.40 bits per heavy atom. The van der Waals surface area contributed by atoms with Gasteiger partial charge in [0, 0.05) is 32.1 Å². The van der Waals surface area contributed by atoms with E-state index in [1.54, 1.807) is 28.0 Å². The molecule has 3 heterocycles. The standard InChI is InChI=1S/C13H15BrN4O2/c1-2-20-10-3-4-17(8-10)13(19)11-6-16-18-7-9(14)5-15-12(11)18/h5-7,10H,2-4,8H2,1H3/t10-/m0/s1. The van der Waals surface area contributed by atoms with Crippen molar-refractivity contribution in [3.8, 4) is 0 Å². The highest BCUT2D eigenvalue weighted by molar-refractivity contribution is 9.10. The molecule has 0 N–H and O–H groups in total. The second-order valence-corrected chi connectivity index (χ2v) is 5.63. The maximum Gasteiger partial charge on any atom is 0.259 e. The van der Waals surface area contributed by atoms with Crippen molar-refractivity contribution in [1.82, 2.24) is 19.5 Å². The maximum atomic E-state index is 12.5. The lowest BCUT2D eigenvalue weighted by atomic mass is 10.3. The van der Waals surface area contributed by atoms with Crippen LogP contribution in [0.25, 0.3) is 5.65 Å². The molecule has 6 nitrogen and oxygen atoms in total. The van der Waals surface area contributed by atoms with Crippen LogP contribution in [-0.4, -0.2) is 51.2 Å². The van der Waals surface area contributed by atoms with E-state index in [-0.39, 0.29) is 12.0 Å². The minimum atomic E-state index is -0.0305. The minimum absolute atomic E-state index is 0.0305. The van der Waals surface area contributed by atoms with Crippen molar-refractivity contribution in [2.45, 2.75) is 19.4 Å². The van der Waals surface area contributed by atoms with E-state index in [0.717, 1.165) is 17.4 Å². The Hall–Kier alpha value is -1.47. The molecule has 0 radical (unpaired) electrons. The summed E-state index contributed by atoms with van der Waals surface area (Å²) in [6.45, 7) is 4.01. The number of halogens is 1. The fourth-order valence-corrected chi connectivity index (χ4v) is 2.75. The molecule has 1 fully saturated rings. The molecule has 0 bridgehead atoms. The van der Waals surface area contributed by atoms with Crippen molar-refractivity contribution in [3.05, 3.63) is 28.6 Å². The molecule has 1 saturated heterocycles. The molecule has 7 heteroatoms. The molecule has 0 saturated carbocycles. The number of ether oxygens (including phenoxy) is 1. The number of carbonyl (C=O) groups excluding carboxylic acids is 1. The number of carbonyl (C=O) groups is 1. The molecule has 0 unspecified atom stereocenters. The average Bonchev–Trinajstić information content (AvgIpc) is 3.04. The smallest absolute Gasteiger partial charge is 0.259 e. The molecule has 2 aromatic rings. The van der Waals surface area contributed by atoms with Gasteiger partial charge in [0.05, 0.1) is 16.8 Å². The first kappa shape index (κ1) is 13.5. The molecule has 3 rings (SSSR count). The van der Waals surface area contributed by atoms with Crippen LogP contribution >= 0.6 is 15.9 Å². The molecule has 20 heavy (non-hydrogen) atoms. The van der Waals surface area contributed by atoms with Gasteiger partial charge in [0.25, 0.3) is 5.91 Å². The third-order valence-corrected chi connectivity index (χ3v) is 3.80. The monoisotopic (exact) mass is 338 g/mol. The van der Waals surface area contributed by atoms with Gasteiger partial charge >= 0.3 is 0 Å². The van der Waals surface area contributed by atoms with Crippen LogP contribution in [0.15, 0.2) is 23.1 Å². The van der Waals surface area contributed by atoms with E-state index < -0.39 is 0 Å². The van der Waals surface area contributed by atoms with Gasteiger partial charge in [-0.3, -0.25) is 4.79 Å². The van der Waals surface area contributed by atoms with Gasteiger partial charge in [-0.25, -0.2) is 9.50 Å². The lowest BCUT2D eigenvalue weighted by Crippen LogP contribution is -2.30. The number of rotatable bonds is 3. The topological polar surface area (TPSA) is 59.7 Å². The molecule has 1 aliphatic heterocycles. The second-order valence-electron chi connectivity index (χ2n) is 4.72. The summed E-state index contributed by atoms with van der Waals surface area (Å²) >= 11 is 3.33. The quantitative estimate of drug-likeness (QED) is 0.855. The van der Waals surface area contributed by atoms with Crippen molar-refractivity contribution in [2.24, 2.45) is 0 Å². The van der Waals surface area contributed by atoms with E-state index in [0.29, 0.717) is 24.4 Å². The summed E-state index contributed by atoms with van der Waals surface area (Å²) in [5.41, 5.74) is 1.12. The number of nitrogens with zero attached hydrogens (tertiary/aromatic N) is 4. The van der Waals surface area contributed by atoms with E-state index >= 15 is 0 Å². The molecule has 1 atom stereocenters. The minimum Gasteiger partial charge on any atom is -0.377 e. The zero-order chi connectivity index (χ0) is 14.1. The van der Waals surface area contributed by atoms with E-state index in [9.17, 15) is 4.79 Å². The van der Waals surface area contributed by atoms with Crippen LogP contribution in [0.5, 0.6) is 0 Å².